The third-order valence-electron chi connectivity index (χ3n) is 5.18. The van der Waals surface area contributed by atoms with Crippen molar-refractivity contribution >= 4 is 11.8 Å². The van der Waals surface area contributed by atoms with Crippen LogP contribution in [-0.4, -0.2) is 89.8 Å². The lowest BCUT2D eigenvalue weighted by Crippen LogP contribution is -2.51. The Balaban J connectivity index is 1.45. The van der Waals surface area contributed by atoms with Crippen molar-refractivity contribution in [1.82, 2.24) is 30.0 Å². The largest absolute Gasteiger partial charge is 0.353 e. The predicted octanol–water partition coefficient (Wildman–Crippen LogP) is -0.0532. The molecule has 0 saturated carbocycles. The lowest BCUT2D eigenvalue weighted by atomic mass is 10.1. The maximum Gasteiger partial charge on any atom is 0.279 e. The van der Waals surface area contributed by atoms with Gasteiger partial charge in [-0.15, -0.1) is 0 Å². The lowest BCUT2D eigenvalue weighted by Gasteiger charge is -2.34. The van der Waals surface area contributed by atoms with Crippen LogP contribution in [0.3, 0.4) is 0 Å². The van der Waals surface area contributed by atoms with E-state index in [1.165, 1.54) is 12.4 Å². The molecule has 1 aromatic heterocycles. The van der Waals surface area contributed by atoms with Gasteiger partial charge in [-0.3, -0.25) is 24.2 Å². The van der Waals surface area contributed by atoms with Crippen molar-refractivity contribution in [3.05, 3.63) is 64.3 Å². The highest BCUT2D eigenvalue weighted by Gasteiger charge is 2.25. The minimum absolute atomic E-state index is 0.0330. The monoisotopic (exact) mass is 412 g/mol. The van der Waals surface area contributed by atoms with Gasteiger partial charge in [0.05, 0.1) is 0 Å². The highest BCUT2D eigenvalue weighted by atomic mass is 16.2. The number of carbonyl (C=O) groups excluding carboxylic acids is 2. The van der Waals surface area contributed by atoms with Crippen molar-refractivity contribution in [2.45, 2.75) is 6.04 Å². The summed E-state index contributed by atoms with van der Waals surface area (Å²) in [7, 11) is 3.78. The Morgan fingerprint density at radius 1 is 1.17 bits per heavy atom. The molecule has 3 rings (SSSR count). The number of aromatic amines is 1. The van der Waals surface area contributed by atoms with Gasteiger partial charge in [0.2, 0.25) is 5.91 Å². The molecule has 0 bridgehead atoms. The van der Waals surface area contributed by atoms with Gasteiger partial charge in [0.1, 0.15) is 6.04 Å². The van der Waals surface area contributed by atoms with Crippen LogP contribution in [0.2, 0.25) is 0 Å². The van der Waals surface area contributed by atoms with E-state index < -0.39 is 5.56 Å². The van der Waals surface area contributed by atoms with Crippen molar-refractivity contribution in [3.8, 4) is 0 Å². The molecular weight excluding hydrogens is 384 g/mol. The SMILES string of the molecule is CN(C)[C@H](C(=O)NCCN1CCN(C(=O)c2ncc[nH]c2=O)CC1)c1ccccc1. The summed E-state index contributed by atoms with van der Waals surface area (Å²) in [6, 6.07) is 9.36. The summed E-state index contributed by atoms with van der Waals surface area (Å²) in [4.78, 5) is 49.0. The number of piperazine rings is 1. The Morgan fingerprint density at radius 2 is 1.87 bits per heavy atom. The molecule has 1 aromatic carbocycles. The number of carbonyl (C=O) groups is 2. The molecule has 2 N–H and O–H groups in total. The standard InChI is InChI=1S/C21H28N6O3/c1-25(2)18(16-6-4-3-5-7-16)20(29)24-10-11-26-12-14-27(15-13-26)21(30)17-19(28)23-9-8-22-17/h3-9,18H,10-15H2,1-2H3,(H,23,28)(H,24,29)/t18-/m0/s1. The summed E-state index contributed by atoms with van der Waals surface area (Å²) in [5.74, 6) is -0.379. The number of benzene rings is 1. The van der Waals surface area contributed by atoms with E-state index in [9.17, 15) is 14.4 Å². The van der Waals surface area contributed by atoms with Crippen LogP contribution in [0, 0.1) is 0 Å². The lowest BCUT2D eigenvalue weighted by molar-refractivity contribution is -0.125. The second kappa shape index (κ2) is 10.1. The number of aromatic nitrogens is 2. The van der Waals surface area contributed by atoms with Crippen molar-refractivity contribution in [1.29, 1.82) is 0 Å². The first kappa shape index (κ1) is 21.7. The Kier molecular flexibility index (Phi) is 7.31. The third kappa shape index (κ3) is 5.31. The number of hydrogen-bond donors (Lipinski definition) is 2. The van der Waals surface area contributed by atoms with Crippen LogP contribution >= 0.6 is 0 Å². The minimum Gasteiger partial charge on any atom is -0.353 e. The number of nitrogens with one attached hydrogen (secondary N) is 2. The highest BCUT2D eigenvalue weighted by Crippen LogP contribution is 2.17. The van der Waals surface area contributed by atoms with Crippen LogP contribution < -0.4 is 10.9 Å². The maximum absolute atomic E-state index is 12.7. The Morgan fingerprint density at radius 3 is 2.50 bits per heavy atom. The van der Waals surface area contributed by atoms with Gasteiger partial charge < -0.3 is 15.2 Å². The third-order valence-corrected chi connectivity index (χ3v) is 5.18. The number of amides is 2. The van der Waals surface area contributed by atoms with E-state index in [1.54, 1.807) is 4.90 Å². The zero-order valence-corrected chi connectivity index (χ0v) is 17.4. The normalized spacial score (nSPS) is 15.8. The number of nitrogens with zero attached hydrogens (tertiary/aromatic N) is 4. The van der Waals surface area contributed by atoms with Crippen molar-refractivity contribution in [2.24, 2.45) is 0 Å². The summed E-state index contributed by atoms with van der Waals surface area (Å²) >= 11 is 0. The van der Waals surface area contributed by atoms with E-state index in [0.29, 0.717) is 39.3 Å². The van der Waals surface area contributed by atoms with Crippen molar-refractivity contribution < 1.29 is 9.59 Å². The highest BCUT2D eigenvalue weighted by molar-refractivity contribution is 5.92. The molecule has 9 heteroatoms. The van der Waals surface area contributed by atoms with E-state index in [4.69, 9.17) is 0 Å². The van der Waals surface area contributed by atoms with Gasteiger partial charge in [-0.2, -0.15) is 0 Å². The molecule has 1 saturated heterocycles. The fourth-order valence-corrected chi connectivity index (χ4v) is 3.58. The summed E-state index contributed by atoms with van der Waals surface area (Å²) < 4.78 is 0. The Hall–Kier alpha value is -3.04. The molecule has 30 heavy (non-hydrogen) atoms. The number of hydrogen-bond acceptors (Lipinski definition) is 6. The smallest absolute Gasteiger partial charge is 0.279 e. The van der Waals surface area contributed by atoms with Crippen molar-refractivity contribution in [2.75, 3.05) is 53.4 Å². The fraction of sp³-hybridized carbons (Fsp3) is 0.429. The van der Waals surface area contributed by atoms with Gasteiger partial charge in [-0.1, -0.05) is 30.3 Å². The summed E-state index contributed by atoms with van der Waals surface area (Å²) in [6.07, 6.45) is 2.81. The van der Waals surface area contributed by atoms with Crippen LogP contribution in [0.5, 0.6) is 0 Å². The molecule has 9 nitrogen and oxygen atoms in total. The molecule has 1 aliphatic rings. The molecule has 1 atom stereocenters. The first-order chi connectivity index (χ1) is 14.5. The van der Waals surface area contributed by atoms with E-state index in [2.05, 4.69) is 20.2 Å². The molecule has 1 aliphatic heterocycles. The van der Waals surface area contributed by atoms with E-state index in [-0.39, 0.29) is 23.6 Å². The van der Waals surface area contributed by atoms with Gasteiger partial charge in [-0.25, -0.2) is 4.98 Å². The maximum atomic E-state index is 12.7. The first-order valence-electron chi connectivity index (χ1n) is 10.0. The first-order valence-corrected chi connectivity index (χ1v) is 10.0. The fourth-order valence-electron chi connectivity index (χ4n) is 3.58. The molecular formula is C21H28N6O3. The number of H-pyrrole nitrogens is 1. The quantitative estimate of drug-likeness (QED) is 0.661. The van der Waals surface area contributed by atoms with Gasteiger partial charge >= 0.3 is 0 Å². The molecule has 2 heterocycles. The number of likely N-dealkylation sites (N-methyl/N-ethyl adjacent to an activating group) is 1. The van der Waals surface area contributed by atoms with Crippen LogP contribution in [0.25, 0.3) is 0 Å². The molecule has 0 aliphatic carbocycles. The molecule has 0 radical (unpaired) electrons. The van der Waals surface area contributed by atoms with Gasteiger partial charge in [0.15, 0.2) is 5.69 Å². The average Bonchev–Trinajstić information content (AvgIpc) is 2.75. The molecule has 2 aromatic rings. The van der Waals surface area contributed by atoms with Crippen LogP contribution in [-0.2, 0) is 4.79 Å². The van der Waals surface area contributed by atoms with Gasteiger partial charge in [0.25, 0.3) is 11.5 Å². The summed E-state index contributed by atoms with van der Waals surface area (Å²) in [6.45, 7) is 3.64. The molecule has 0 unspecified atom stereocenters. The minimum atomic E-state index is -0.471. The molecule has 1 fully saturated rings. The Bertz CT molecular complexity index is 906. The van der Waals surface area contributed by atoms with Crippen LogP contribution in [0.4, 0.5) is 0 Å². The molecule has 2 amide bonds. The van der Waals surface area contributed by atoms with Crippen LogP contribution in [0.1, 0.15) is 22.1 Å². The second-order valence-electron chi connectivity index (χ2n) is 7.47. The molecule has 0 spiro atoms. The van der Waals surface area contributed by atoms with Crippen LogP contribution in [0.15, 0.2) is 47.5 Å². The van der Waals surface area contributed by atoms with E-state index in [0.717, 1.165) is 5.56 Å². The van der Waals surface area contributed by atoms with Gasteiger partial charge in [0, 0.05) is 51.7 Å². The van der Waals surface area contributed by atoms with E-state index >= 15 is 0 Å². The molecule has 160 valence electrons. The topological polar surface area (TPSA) is 102 Å². The second-order valence-corrected chi connectivity index (χ2v) is 7.47. The van der Waals surface area contributed by atoms with Crippen molar-refractivity contribution in [3.63, 3.8) is 0 Å². The summed E-state index contributed by atoms with van der Waals surface area (Å²) in [5, 5.41) is 3.02. The summed E-state index contributed by atoms with van der Waals surface area (Å²) in [5.41, 5.74) is 0.409. The Labute approximate surface area is 175 Å². The zero-order chi connectivity index (χ0) is 21.5. The zero-order valence-electron chi connectivity index (χ0n) is 17.4. The van der Waals surface area contributed by atoms with E-state index in [1.807, 2.05) is 49.3 Å². The predicted molar refractivity (Wildman–Crippen MR) is 113 cm³/mol. The average molecular weight is 412 g/mol. The number of rotatable bonds is 7. The van der Waals surface area contributed by atoms with Gasteiger partial charge in [-0.05, 0) is 19.7 Å².